The number of carbonyl (C=O) groups is 1. The van der Waals surface area contributed by atoms with E-state index in [2.05, 4.69) is 1.74 Å². The van der Waals surface area contributed by atoms with E-state index < -0.39 is 16.5 Å². The molecular formula is C8H8I2NO2-. The van der Waals surface area contributed by atoms with Crippen molar-refractivity contribution in [1.82, 2.24) is 1.74 Å². The Morgan fingerprint density at radius 3 is 3.15 bits per heavy atom. The SMILES string of the molecule is O=Cc1cccc(COI2N[I-]2)c1. The number of halogens is 2. The van der Waals surface area contributed by atoms with Crippen molar-refractivity contribution in [1.29, 1.82) is 0 Å². The molecule has 0 aromatic heterocycles. The molecular weight excluding hydrogens is 396 g/mol. The van der Waals surface area contributed by atoms with Gasteiger partial charge in [0.25, 0.3) is 0 Å². The van der Waals surface area contributed by atoms with Gasteiger partial charge in [-0.25, -0.2) is 0 Å². The Hall–Kier alpha value is 0.270. The van der Waals surface area contributed by atoms with Crippen LogP contribution >= 0.6 is 16.5 Å². The summed E-state index contributed by atoms with van der Waals surface area (Å²) in [4.78, 5) is 10.5. The van der Waals surface area contributed by atoms with E-state index in [-0.39, 0.29) is 17.5 Å². The van der Waals surface area contributed by atoms with Gasteiger partial charge in [-0.3, -0.25) is 0 Å². The van der Waals surface area contributed by atoms with Crippen LogP contribution in [-0.2, 0) is 9.67 Å². The van der Waals surface area contributed by atoms with Crippen molar-refractivity contribution in [2.75, 3.05) is 0 Å². The molecule has 1 heterocycles. The number of nitrogens with one attached hydrogen (secondary N) is 1. The molecule has 1 aromatic carbocycles. The first-order chi connectivity index (χ1) is 6.38. The van der Waals surface area contributed by atoms with E-state index in [0.717, 1.165) is 17.4 Å². The second-order valence-corrected chi connectivity index (χ2v) is 15.5. The predicted octanol–water partition coefficient (Wildman–Crippen LogP) is -1.13. The number of benzene rings is 1. The van der Waals surface area contributed by atoms with Gasteiger partial charge < -0.3 is 0 Å². The molecule has 1 N–H and O–H groups in total. The Morgan fingerprint density at radius 2 is 2.46 bits per heavy atom. The third-order valence-electron chi connectivity index (χ3n) is 1.53. The van der Waals surface area contributed by atoms with Crippen LogP contribution in [0, 0.1) is 0 Å². The first-order valence-corrected chi connectivity index (χ1v) is 13.0. The summed E-state index contributed by atoms with van der Waals surface area (Å²) in [5.74, 6) is 0. The van der Waals surface area contributed by atoms with Crippen molar-refractivity contribution in [3.05, 3.63) is 35.4 Å². The van der Waals surface area contributed by atoms with Crippen molar-refractivity contribution in [2.24, 2.45) is 0 Å². The van der Waals surface area contributed by atoms with Crippen LogP contribution in [0.2, 0.25) is 0 Å². The maximum atomic E-state index is 10.5. The van der Waals surface area contributed by atoms with Crippen molar-refractivity contribution in [3.8, 4) is 0 Å². The molecule has 72 valence electrons. The Labute approximate surface area is 91.2 Å². The molecule has 3 nitrogen and oxygen atoms in total. The second kappa shape index (κ2) is 4.67. The summed E-state index contributed by atoms with van der Waals surface area (Å²) in [5.41, 5.74) is 1.82. The van der Waals surface area contributed by atoms with E-state index in [0.29, 0.717) is 6.61 Å². The molecule has 1 fully saturated rings. The van der Waals surface area contributed by atoms with Gasteiger partial charge in [-0.1, -0.05) is 0 Å². The molecule has 1 aliphatic heterocycles. The van der Waals surface area contributed by atoms with E-state index in [1.807, 2.05) is 18.2 Å². The molecule has 0 atom stereocenters. The average molecular weight is 404 g/mol. The molecule has 1 aliphatic rings. The van der Waals surface area contributed by atoms with Crippen molar-refractivity contribution in [3.63, 3.8) is 0 Å². The molecule has 0 saturated carbocycles. The van der Waals surface area contributed by atoms with Gasteiger partial charge >= 0.3 is 91.9 Å². The summed E-state index contributed by atoms with van der Waals surface area (Å²) in [6.07, 6.45) is 0.866. The molecule has 0 spiro atoms. The number of hydrogen-bond acceptors (Lipinski definition) is 3. The molecule has 1 saturated heterocycles. The van der Waals surface area contributed by atoms with E-state index in [1.165, 1.54) is 0 Å². The zero-order valence-electron chi connectivity index (χ0n) is 6.67. The number of carbonyl (C=O) groups excluding carboxylic acids is 1. The molecule has 0 amide bonds. The van der Waals surface area contributed by atoms with Crippen LogP contribution in [0.15, 0.2) is 24.3 Å². The van der Waals surface area contributed by atoms with Crippen LogP contribution in [-0.4, -0.2) is 6.29 Å². The molecule has 2 rings (SSSR count). The minimum absolute atomic E-state index is 0.279. The van der Waals surface area contributed by atoms with Gasteiger partial charge in [-0.2, -0.15) is 0 Å². The standard InChI is InChI=1S/C8H8I2NO2/c12-5-7-2-1-3-8(4-7)6-13-10-9-11-10/h1-5,11H,6H2/q-1. The molecule has 0 radical (unpaired) electrons. The van der Waals surface area contributed by atoms with Crippen LogP contribution in [0.25, 0.3) is 0 Å². The van der Waals surface area contributed by atoms with Crippen LogP contribution in [0.5, 0.6) is 0 Å². The monoisotopic (exact) mass is 404 g/mol. The normalized spacial score (nSPS) is 17.7. The third-order valence-corrected chi connectivity index (χ3v) is 9.68. The van der Waals surface area contributed by atoms with Crippen molar-refractivity contribution >= 4 is 22.8 Å². The van der Waals surface area contributed by atoms with Gasteiger partial charge in [0.1, 0.15) is 0 Å². The predicted molar refractivity (Wildman–Crippen MR) is 53.8 cm³/mol. The zero-order chi connectivity index (χ0) is 9.10. The topological polar surface area (TPSA) is 48.2 Å². The van der Waals surface area contributed by atoms with E-state index in [4.69, 9.17) is 3.07 Å². The van der Waals surface area contributed by atoms with Crippen molar-refractivity contribution < 1.29 is 25.4 Å². The van der Waals surface area contributed by atoms with Crippen LogP contribution in [0.4, 0.5) is 0 Å². The first-order valence-electron chi connectivity index (χ1n) is 3.66. The van der Waals surface area contributed by atoms with E-state index in [1.54, 1.807) is 6.07 Å². The Morgan fingerprint density at radius 1 is 1.62 bits per heavy atom. The fraction of sp³-hybridized carbons (Fsp3) is 0.125. The number of aldehydes is 1. The average Bonchev–Trinajstić information content (AvgIpc) is 2.99. The van der Waals surface area contributed by atoms with Gasteiger partial charge in [0.2, 0.25) is 0 Å². The number of rotatable bonds is 4. The van der Waals surface area contributed by atoms with E-state index in [9.17, 15) is 4.79 Å². The summed E-state index contributed by atoms with van der Waals surface area (Å²) in [6.45, 7) is 0.666. The quantitative estimate of drug-likeness (QED) is 0.300. The van der Waals surface area contributed by atoms with Gasteiger partial charge in [0, 0.05) is 0 Å². The molecule has 13 heavy (non-hydrogen) atoms. The zero-order valence-corrected chi connectivity index (χ0v) is 11.0. The maximum absolute atomic E-state index is 10.5. The Balaban J connectivity index is 1.97. The van der Waals surface area contributed by atoms with Crippen LogP contribution < -0.4 is 19.2 Å². The molecule has 0 aliphatic carbocycles. The van der Waals surface area contributed by atoms with Crippen LogP contribution in [0.3, 0.4) is 0 Å². The van der Waals surface area contributed by atoms with Crippen LogP contribution in [0.1, 0.15) is 15.9 Å². The van der Waals surface area contributed by atoms with Gasteiger partial charge in [-0.15, -0.1) is 0 Å². The number of hydrogen-bond donors (Lipinski definition) is 1. The first kappa shape index (κ1) is 9.81. The summed E-state index contributed by atoms with van der Waals surface area (Å²) in [7, 11) is 0. The minimum atomic E-state index is -0.994. The summed E-state index contributed by atoms with van der Waals surface area (Å²) >= 11 is -0.715. The van der Waals surface area contributed by atoms with Gasteiger partial charge in [0.15, 0.2) is 0 Å². The second-order valence-electron chi connectivity index (χ2n) is 2.47. The molecule has 5 heteroatoms. The molecule has 0 bridgehead atoms. The van der Waals surface area contributed by atoms with E-state index >= 15 is 0 Å². The third kappa shape index (κ3) is 3.15. The summed E-state index contributed by atoms with van der Waals surface area (Å²) < 4.78 is 8.93. The molecule has 1 aromatic rings. The van der Waals surface area contributed by atoms with Gasteiger partial charge in [0.05, 0.1) is 0 Å². The molecule has 0 unspecified atom stereocenters. The summed E-state index contributed by atoms with van der Waals surface area (Å²) in [5, 5.41) is 0. The van der Waals surface area contributed by atoms with Gasteiger partial charge in [-0.05, 0) is 0 Å². The fourth-order valence-corrected chi connectivity index (χ4v) is 7.47. The van der Waals surface area contributed by atoms with Crippen molar-refractivity contribution in [2.45, 2.75) is 6.61 Å². The Kier molecular flexibility index (Phi) is 3.52. The fourth-order valence-electron chi connectivity index (χ4n) is 0.919. The summed E-state index contributed by atoms with van der Waals surface area (Å²) in [6, 6.07) is 7.56. The Bertz CT molecular complexity index is 315.